The van der Waals surface area contributed by atoms with Crippen LogP contribution in [-0.4, -0.2) is 129 Å². The second-order valence-electron chi connectivity index (χ2n) is 16.4. The van der Waals surface area contributed by atoms with Crippen LogP contribution >= 0.6 is 11.6 Å². The van der Waals surface area contributed by atoms with Crippen molar-refractivity contribution in [3.63, 3.8) is 0 Å². The van der Waals surface area contributed by atoms with Gasteiger partial charge < -0.3 is 45.1 Å². The van der Waals surface area contributed by atoms with E-state index in [4.69, 9.17) is 35.5 Å². The highest BCUT2D eigenvalue weighted by Gasteiger charge is 2.40. The van der Waals surface area contributed by atoms with Crippen LogP contribution in [0.4, 0.5) is 26.1 Å². The van der Waals surface area contributed by atoms with Gasteiger partial charge in [-0.25, -0.2) is 18.7 Å². The van der Waals surface area contributed by atoms with E-state index in [1.165, 1.54) is 23.1 Å². The second-order valence-corrected chi connectivity index (χ2v) is 16.8. The fraction of sp³-hybridized carbons (Fsp3) is 0.320. The largest absolute Gasteiger partial charge is 0.378 e. The number of anilines is 3. The number of carbonyl (C=O) groups is 5. The van der Waals surface area contributed by atoms with E-state index in [-0.39, 0.29) is 80.7 Å². The highest BCUT2D eigenvalue weighted by Crippen LogP contribution is 2.35. The number of hydrogen-bond donors (Lipinski definition) is 5. The predicted octanol–water partition coefficient (Wildman–Crippen LogP) is 4.96. The Balaban J connectivity index is 0.644. The van der Waals surface area contributed by atoms with Gasteiger partial charge in [0.15, 0.2) is 0 Å². The molecule has 1 fully saturated rings. The average Bonchev–Trinajstić information content (AvgIpc) is 3.61. The summed E-state index contributed by atoms with van der Waals surface area (Å²) >= 11 is 6.34. The number of halogens is 3. The monoisotopic (exact) mass is 993 g/mol. The number of fused-ring (bicyclic) bond motifs is 4. The van der Waals surface area contributed by atoms with Crippen LogP contribution in [0.3, 0.4) is 0 Å². The summed E-state index contributed by atoms with van der Waals surface area (Å²) in [5, 5.41) is 14.7. The first-order chi connectivity index (χ1) is 34.5. The first-order valence-corrected chi connectivity index (χ1v) is 23.3. The average molecular weight is 994 g/mol. The molecular formula is C50H50ClF2N9O9. The Labute approximate surface area is 411 Å². The number of ether oxygens (including phenoxy) is 4. The molecule has 1 atom stereocenters. The van der Waals surface area contributed by atoms with Gasteiger partial charge in [0.25, 0.3) is 11.8 Å². The number of aromatic nitrogens is 2. The third kappa shape index (κ3) is 12.8. The molecule has 21 heteroatoms. The molecule has 0 aliphatic carbocycles. The summed E-state index contributed by atoms with van der Waals surface area (Å²) in [7, 11) is 0. The number of nitrogens with one attached hydrogen (secondary N) is 5. The molecule has 1 unspecified atom stereocenters. The van der Waals surface area contributed by atoms with Crippen molar-refractivity contribution in [1.29, 1.82) is 0 Å². The van der Waals surface area contributed by atoms with Crippen LogP contribution in [0.15, 0.2) is 90.1 Å². The van der Waals surface area contributed by atoms with Gasteiger partial charge in [-0.15, -0.1) is 0 Å². The Morgan fingerprint density at radius 2 is 1.51 bits per heavy atom. The van der Waals surface area contributed by atoms with E-state index >= 15 is 0 Å². The van der Waals surface area contributed by atoms with Gasteiger partial charge in [-0.2, -0.15) is 0 Å². The molecule has 4 aromatic carbocycles. The molecule has 5 N–H and O–H groups in total. The minimum Gasteiger partial charge on any atom is -0.378 e. The molecule has 18 nitrogen and oxygen atoms in total. The van der Waals surface area contributed by atoms with Gasteiger partial charge in [-0.1, -0.05) is 29.8 Å². The molecule has 0 bridgehead atoms. The summed E-state index contributed by atoms with van der Waals surface area (Å²) in [6, 6.07) is 19.7. The van der Waals surface area contributed by atoms with Crippen molar-refractivity contribution in [3.05, 3.63) is 135 Å². The van der Waals surface area contributed by atoms with Crippen molar-refractivity contribution < 1.29 is 51.7 Å². The van der Waals surface area contributed by atoms with Crippen molar-refractivity contribution in [2.75, 3.05) is 83.1 Å². The number of rotatable bonds is 23. The Hall–Kier alpha value is -7.07. The van der Waals surface area contributed by atoms with Gasteiger partial charge in [0.2, 0.25) is 23.7 Å². The number of imide groups is 1. The van der Waals surface area contributed by atoms with E-state index in [1.54, 1.807) is 66.9 Å². The standard InChI is InChI=1S/C50H50ClF2N9O9/c51-32-9-12-34-36(25-32)46(44-38(52)4-2-5-39(44)53)56-26-31-27-57-50(61-45(31)34)58-33-10-7-30(8-11-33)47(65)55-17-20-68-18-15-54-16-19-69-21-22-70-23-24-71-29-43(64)59-40-6-1-3-35-37(40)28-62(49(35)67)41-13-14-42(63)60-48(41)66/h1-12,25,27,41,54H,13-24,26,28-29H2,(H,55,65)(H,59,64)(H,57,58,61)(H,60,63,66). The highest BCUT2D eigenvalue weighted by atomic mass is 35.5. The maximum Gasteiger partial charge on any atom is 0.255 e. The minimum absolute atomic E-state index is 0.0882. The summed E-state index contributed by atoms with van der Waals surface area (Å²) in [5.74, 6) is -3.06. The van der Waals surface area contributed by atoms with Gasteiger partial charge in [-0.3, -0.25) is 34.3 Å². The SMILES string of the molecule is O=C1CCC(N2Cc3c(NC(=O)COCCOCCOCCNCCOCCNC(=O)c4ccc(Nc5ncc6c(n5)-c5ccc(Cl)cc5C(c5c(F)cccc5F)=NC6)cc4)cccc3C2=O)C(=O)N1. The van der Waals surface area contributed by atoms with Crippen LogP contribution < -0.4 is 26.6 Å². The van der Waals surface area contributed by atoms with Gasteiger partial charge in [-0.05, 0) is 67.1 Å². The van der Waals surface area contributed by atoms with Gasteiger partial charge in [0, 0.05) is 88.6 Å². The normalized spacial score (nSPS) is 15.0. The number of nitrogens with zero attached hydrogens (tertiary/aromatic N) is 4. The van der Waals surface area contributed by atoms with E-state index in [0.717, 1.165) is 0 Å². The van der Waals surface area contributed by atoms with E-state index in [9.17, 15) is 32.8 Å². The van der Waals surface area contributed by atoms with Crippen LogP contribution in [0.2, 0.25) is 5.02 Å². The van der Waals surface area contributed by atoms with E-state index in [1.807, 2.05) is 0 Å². The lowest BCUT2D eigenvalue weighted by atomic mass is 9.95. The zero-order chi connectivity index (χ0) is 49.7. The fourth-order valence-electron chi connectivity index (χ4n) is 8.10. The molecule has 4 heterocycles. The van der Waals surface area contributed by atoms with Crippen LogP contribution in [0, 0.1) is 11.6 Å². The quantitative estimate of drug-likeness (QED) is 0.0432. The third-order valence-electron chi connectivity index (χ3n) is 11.6. The van der Waals surface area contributed by atoms with E-state index in [2.05, 4.69) is 36.6 Å². The first-order valence-electron chi connectivity index (χ1n) is 22.9. The van der Waals surface area contributed by atoms with Crippen molar-refractivity contribution in [2.45, 2.75) is 32.0 Å². The zero-order valence-electron chi connectivity index (χ0n) is 38.4. The van der Waals surface area contributed by atoms with Crippen molar-refractivity contribution >= 4 is 64.2 Å². The number of hydrogen-bond acceptors (Lipinski definition) is 14. The van der Waals surface area contributed by atoms with Gasteiger partial charge in [0.05, 0.1) is 69.8 Å². The number of amides is 5. The lowest BCUT2D eigenvalue weighted by Crippen LogP contribution is -2.52. The Bertz CT molecular complexity index is 2800. The fourth-order valence-corrected chi connectivity index (χ4v) is 8.28. The molecule has 8 rings (SSSR count). The molecule has 0 saturated carbocycles. The summed E-state index contributed by atoms with van der Waals surface area (Å²) in [5.41, 5.74) is 4.67. The summed E-state index contributed by atoms with van der Waals surface area (Å²) in [6.45, 7) is 3.94. The van der Waals surface area contributed by atoms with Crippen molar-refractivity contribution in [3.8, 4) is 11.3 Å². The molecule has 3 aliphatic heterocycles. The lowest BCUT2D eigenvalue weighted by Gasteiger charge is -2.29. The topological polar surface area (TPSA) is 224 Å². The summed E-state index contributed by atoms with van der Waals surface area (Å²) < 4.78 is 52.0. The summed E-state index contributed by atoms with van der Waals surface area (Å²) in [4.78, 5) is 77.5. The molecule has 0 spiro atoms. The van der Waals surface area contributed by atoms with E-state index < -0.39 is 29.5 Å². The third-order valence-corrected chi connectivity index (χ3v) is 11.8. The number of piperidine rings is 1. The van der Waals surface area contributed by atoms with Gasteiger partial charge in [0.1, 0.15) is 24.3 Å². The minimum atomic E-state index is -0.748. The summed E-state index contributed by atoms with van der Waals surface area (Å²) in [6.07, 6.45) is 2.02. The number of carbonyl (C=O) groups excluding carboxylic acids is 5. The zero-order valence-corrected chi connectivity index (χ0v) is 39.1. The van der Waals surface area contributed by atoms with E-state index in [0.29, 0.717) is 108 Å². The Morgan fingerprint density at radius 1 is 0.803 bits per heavy atom. The Morgan fingerprint density at radius 3 is 2.27 bits per heavy atom. The van der Waals surface area contributed by atoms with Crippen molar-refractivity contribution in [2.24, 2.45) is 4.99 Å². The lowest BCUT2D eigenvalue weighted by molar-refractivity contribution is -0.137. The molecule has 71 heavy (non-hydrogen) atoms. The molecule has 1 aromatic heterocycles. The first kappa shape index (κ1) is 50.3. The predicted molar refractivity (Wildman–Crippen MR) is 257 cm³/mol. The molecule has 370 valence electrons. The smallest absolute Gasteiger partial charge is 0.255 e. The van der Waals surface area contributed by atoms with Gasteiger partial charge >= 0.3 is 0 Å². The Kier molecular flexibility index (Phi) is 17.1. The van der Waals surface area contributed by atoms with Crippen LogP contribution in [-0.2, 0) is 46.4 Å². The van der Waals surface area contributed by atoms with Crippen molar-refractivity contribution in [1.82, 2.24) is 30.8 Å². The molecular weight excluding hydrogens is 944 g/mol. The van der Waals surface area contributed by atoms with Crippen LogP contribution in [0.25, 0.3) is 11.3 Å². The van der Waals surface area contributed by atoms with Crippen LogP contribution in [0.5, 0.6) is 0 Å². The molecule has 1 saturated heterocycles. The molecule has 5 aromatic rings. The molecule has 3 aliphatic rings. The molecule has 0 radical (unpaired) electrons. The second kappa shape index (κ2) is 24.2. The maximum absolute atomic E-state index is 14.9. The number of benzene rings is 4. The maximum atomic E-state index is 14.9. The number of aliphatic imine (C=N–C) groups is 1. The van der Waals surface area contributed by atoms with Crippen LogP contribution in [0.1, 0.15) is 55.8 Å². The highest BCUT2D eigenvalue weighted by molar-refractivity contribution is 6.31. The molecule has 5 amide bonds.